The Balaban J connectivity index is 2.69. The quantitative estimate of drug-likeness (QED) is 0.791. The van der Waals surface area contributed by atoms with Gasteiger partial charge in [-0.2, -0.15) is 0 Å². The lowest BCUT2D eigenvalue weighted by Crippen LogP contribution is -2.34. The molecule has 3 nitrogen and oxygen atoms in total. The molecule has 0 heterocycles. The van der Waals surface area contributed by atoms with Crippen LogP contribution in [0.5, 0.6) is 0 Å². The van der Waals surface area contributed by atoms with Crippen molar-refractivity contribution in [1.29, 1.82) is 0 Å². The molecule has 4 heteroatoms. The van der Waals surface area contributed by atoms with Crippen LogP contribution < -0.4 is 5.73 Å². The Hall–Kier alpha value is -1.42. The number of benzene rings is 1. The van der Waals surface area contributed by atoms with Gasteiger partial charge in [-0.3, -0.25) is 4.79 Å². The second-order valence-corrected chi connectivity index (χ2v) is 3.66. The van der Waals surface area contributed by atoms with Gasteiger partial charge in [0.05, 0.1) is 6.61 Å². The Bertz CT molecular complexity index is 379. The SMILES string of the molecule is CCOC(=O)C(N)Cc1ccc(C)cc1F. The minimum Gasteiger partial charge on any atom is -0.465 e. The minimum absolute atomic E-state index is 0.158. The molecule has 2 N–H and O–H groups in total. The van der Waals surface area contributed by atoms with Crippen LogP contribution in [0.25, 0.3) is 0 Å². The zero-order valence-electron chi connectivity index (χ0n) is 9.50. The summed E-state index contributed by atoms with van der Waals surface area (Å²) in [6, 6.07) is 4.05. The van der Waals surface area contributed by atoms with Gasteiger partial charge >= 0.3 is 5.97 Å². The van der Waals surface area contributed by atoms with Crippen LogP contribution in [0.3, 0.4) is 0 Å². The van der Waals surface area contributed by atoms with Crippen LogP contribution >= 0.6 is 0 Å². The number of aryl methyl sites for hydroxylation is 1. The molecule has 0 aromatic heterocycles. The number of halogens is 1. The van der Waals surface area contributed by atoms with Crippen LogP contribution in [0.4, 0.5) is 4.39 Å². The highest BCUT2D eigenvalue weighted by molar-refractivity contribution is 5.75. The summed E-state index contributed by atoms with van der Waals surface area (Å²) < 4.78 is 18.2. The lowest BCUT2D eigenvalue weighted by Gasteiger charge is -2.11. The fourth-order valence-electron chi connectivity index (χ4n) is 1.39. The predicted octanol–water partition coefficient (Wildman–Crippen LogP) is 1.57. The molecule has 0 spiro atoms. The first-order valence-corrected chi connectivity index (χ1v) is 5.21. The average molecular weight is 225 g/mol. The van der Waals surface area contributed by atoms with E-state index in [1.54, 1.807) is 26.0 Å². The predicted molar refractivity (Wildman–Crippen MR) is 59.4 cm³/mol. The maximum atomic E-state index is 13.5. The van der Waals surface area contributed by atoms with E-state index in [9.17, 15) is 9.18 Å². The van der Waals surface area contributed by atoms with E-state index < -0.39 is 12.0 Å². The zero-order valence-corrected chi connectivity index (χ0v) is 9.50. The first kappa shape index (κ1) is 12.6. The number of hydrogen-bond acceptors (Lipinski definition) is 3. The molecule has 1 rings (SSSR count). The minimum atomic E-state index is -0.808. The van der Waals surface area contributed by atoms with E-state index in [1.807, 2.05) is 0 Å². The Kier molecular flexibility index (Phi) is 4.43. The molecule has 0 radical (unpaired) electrons. The van der Waals surface area contributed by atoms with Gasteiger partial charge in [0.15, 0.2) is 0 Å². The summed E-state index contributed by atoms with van der Waals surface area (Å²) in [7, 11) is 0. The Morgan fingerprint density at radius 1 is 1.56 bits per heavy atom. The molecule has 0 aliphatic heterocycles. The molecule has 88 valence electrons. The fraction of sp³-hybridized carbons (Fsp3) is 0.417. The molecule has 1 aromatic carbocycles. The molecule has 1 aromatic rings. The maximum Gasteiger partial charge on any atom is 0.323 e. The number of esters is 1. The van der Waals surface area contributed by atoms with Crippen LogP contribution in [0.15, 0.2) is 18.2 Å². The van der Waals surface area contributed by atoms with E-state index in [2.05, 4.69) is 0 Å². The molecular weight excluding hydrogens is 209 g/mol. The van der Waals surface area contributed by atoms with Crippen molar-refractivity contribution in [2.24, 2.45) is 5.73 Å². The second-order valence-electron chi connectivity index (χ2n) is 3.66. The first-order valence-electron chi connectivity index (χ1n) is 5.21. The van der Waals surface area contributed by atoms with Gasteiger partial charge in [0, 0.05) is 6.42 Å². The van der Waals surface area contributed by atoms with Crippen molar-refractivity contribution in [2.45, 2.75) is 26.3 Å². The number of hydrogen-bond donors (Lipinski definition) is 1. The van der Waals surface area contributed by atoms with Crippen LogP contribution in [0, 0.1) is 12.7 Å². The highest BCUT2D eigenvalue weighted by Gasteiger charge is 2.16. The number of rotatable bonds is 4. The van der Waals surface area contributed by atoms with Crippen molar-refractivity contribution in [3.63, 3.8) is 0 Å². The van der Waals surface area contributed by atoms with Crippen LogP contribution in [0.2, 0.25) is 0 Å². The summed E-state index contributed by atoms with van der Waals surface area (Å²) in [5.74, 6) is -0.831. The van der Waals surface area contributed by atoms with Crippen molar-refractivity contribution in [2.75, 3.05) is 6.61 Å². The van der Waals surface area contributed by atoms with Gasteiger partial charge in [-0.05, 0) is 31.0 Å². The fourth-order valence-corrected chi connectivity index (χ4v) is 1.39. The molecule has 0 saturated carbocycles. The van der Waals surface area contributed by atoms with Gasteiger partial charge in [-0.15, -0.1) is 0 Å². The van der Waals surface area contributed by atoms with Gasteiger partial charge < -0.3 is 10.5 Å². The monoisotopic (exact) mass is 225 g/mol. The third-order valence-corrected chi connectivity index (χ3v) is 2.24. The van der Waals surface area contributed by atoms with Crippen molar-refractivity contribution in [3.8, 4) is 0 Å². The molecule has 0 aliphatic rings. The zero-order chi connectivity index (χ0) is 12.1. The van der Waals surface area contributed by atoms with E-state index in [0.29, 0.717) is 5.56 Å². The molecule has 0 fully saturated rings. The Labute approximate surface area is 94.4 Å². The van der Waals surface area contributed by atoms with Crippen LogP contribution in [-0.2, 0) is 16.0 Å². The van der Waals surface area contributed by atoms with Crippen molar-refractivity contribution < 1.29 is 13.9 Å². The first-order chi connectivity index (χ1) is 7.54. The molecular formula is C12H16FNO2. The lowest BCUT2D eigenvalue weighted by atomic mass is 10.0. The van der Waals surface area contributed by atoms with Crippen molar-refractivity contribution >= 4 is 5.97 Å². The van der Waals surface area contributed by atoms with Gasteiger partial charge in [-0.1, -0.05) is 12.1 Å². The number of nitrogens with two attached hydrogens (primary N) is 1. The summed E-state index contributed by atoms with van der Waals surface area (Å²) in [5, 5.41) is 0. The highest BCUT2D eigenvalue weighted by atomic mass is 19.1. The molecule has 16 heavy (non-hydrogen) atoms. The molecule has 1 atom stereocenters. The third kappa shape index (κ3) is 3.31. The van der Waals surface area contributed by atoms with Gasteiger partial charge in [0.1, 0.15) is 11.9 Å². The smallest absolute Gasteiger partial charge is 0.323 e. The third-order valence-electron chi connectivity index (χ3n) is 2.24. The second kappa shape index (κ2) is 5.61. The summed E-state index contributed by atoms with van der Waals surface area (Å²) in [6.45, 7) is 3.79. The Morgan fingerprint density at radius 3 is 2.81 bits per heavy atom. The molecule has 0 amide bonds. The van der Waals surface area contributed by atoms with E-state index in [-0.39, 0.29) is 18.8 Å². The number of carbonyl (C=O) groups excluding carboxylic acids is 1. The average Bonchev–Trinajstić information content (AvgIpc) is 2.22. The summed E-state index contributed by atoms with van der Waals surface area (Å²) in [6.07, 6.45) is 0.158. The van der Waals surface area contributed by atoms with E-state index in [1.165, 1.54) is 6.07 Å². The molecule has 0 saturated heterocycles. The maximum absolute atomic E-state index is 13.5. The van der Waals surface area contributed by atoms with E-state index in [4.69, 9.17) is 10.5 Å². The summed E-state index contributed by atoms with van der Waals surface area (Å²) in [4.78, 5) is 11.3. The largest absolute Gasteiger partial charge is 0.465 e. The van der Waals surface area contributed by atoms with Gasteiger partial charge in [-0.25, -0.2) is 4.39 Å². The molecule has 1 unspecified atom stereocenters. The van der Waals surface area contributed by atoms with Crippen molar-refractivity contribution in [3.05, 3.63) is 35.1 Å². The summed E-state index contributed by atoms with van der Waals surface area (Å²) >= 11 is 0. The molecule has 0 aliphatic carbocycles. The van der Waals surface area contributed by atoms with Gasteiger partial charge in [0.2, 0.25) is 0 Å². The highest BCUT2D eigenvalue weighted by Crippen LogP contribution is 2.11. The number of ether oxygens (including phenoxy) is 1. The lowest BCUT2D eigenvalue weighted by molar-refractivity contribution is -0.144. The normalized spacial score (nSPS) is 12.2. The van der Waals surface area contributed by atoms with E-state index >= 15 is 0 Å². The molecule has 0 bridgehead atoms. The summed E-state index contributed by atoms with van der Waals surface area (Å²) in [5.41, 5.74) is 6.88. The van der Waals surface area contributed by atoms with E-state index in [0.717, 1.165) is 5.56 Å². The number of carbonyl (C=O) groups is 1. The van der Waals surface area contributed by atoms with Crippen LogP contribution in [-0.4, -0.2) is 18.6 Å². The van der Waals surface area contributed by atoms with Gasteiger partial charge in [0.25, 0.3) is 0 Å². The van der Waals surface area contributed by atoms with Crippen LogP contribution in [0.1, 0.15) is 18.1 Å². The Morgan fingerprint density at radius 2 is 2.25 bits per heavy atom. The standard InChI is InChI=1S/C12H16FNO2/c1-3-16-12(15)11(14)7-9-5-4-8(2)6-10(9)13/h4-6,11H,3,7,14H2,1-2H3. The van der Waals surface area contributed by atoms with Crippen molar-refractivity contribution in [1.82, 2.24) is 0 Å². The topological polar surface area (TPSA) is 52.3 Å².